The first-order valence-corrected chi connectivity index (χ1v) is 11.5. The number of benzene rings is 2. The quantitative estimate of drug-likeness (QED) is 0.426. The van der Waals surface area contributed by atoms with Gasteiger partial charge in [0.1, 0.15) is 0 Å². The van der Waals surface area contributed by atoms with Crippen LogP contribution >= 0.6 is 0 Å². The van der Waals surface area contributed by atoms with Gasteiger partial charge in [0.15, 0.2) is 6.61 Å². The monoisotopic (exact) mass is 413 g/mol. The fourth-order valence-corrected chi connectivity index (χ4v) is 6.97. The number of rotatable bonds is 5. The number of carbonyl (C=O) groups is 2. The number of aromatic nitrogens is 1. The van der Waals surface area contributed by atoms with Crippen LogP contribution in [0.1, 0.15) is 48.9 Å². The minimum Gasteiger partial charge on any atom is -0.457 e. The van der Waals surface area contributed by atoms with Crippen LogP contribution < -0.4 is 0 Å². The fraction of sp³-hybridized carbons (Fsp3) is 0.407. The maximum atomic E-state index is 13.3. The van der Waals surface area contributed by atoms with Gasteiger partial charge in [0.25, 0.3) is 0 Å². The Morgan fingerprint density at radius 1 is 0.871 bits per heavy atom. The van der Waals surface area contributed by atoms with Crippen LogP contribution in [0.5, 0.6) is 0 Å². The average molecular weight is 414 g/mol. The van der Waals surface area contributed by atoms with Gasteiger partial charge in [0, 0.05) is 10.9 Å². The third-order valence-corrected chi connectivity index (χ3v) is 7.85. The molecule has 4 aliphatic carbocycles. The molecule has 0 atom stereocenters. The van der Waals surface area contributed by atoms with Crippen LogP contribution in [0.2, 0.25) is 0 Å². The van der Waals surface area contributed by atoms with E-state index in [9.17, 15) is 9.59 Å². The molecule has 1 N–H and O–H groups in total. The Kier molecular flexibility index (Phi) is 4.31. The van der Waals surface area contributed by atoms with E-state index >= 15 is 0 Å². The van der Waals surface area contributed by atoms with Gasteiger partial charge in [0.2, 0.25) is 5.78 Å². The predicted octanol–water partition coefficient (Wildman–Crippen LogP) is 5.78. The number of para-hydroxylation sites is 1. The normalized spacial score (nSPS) is 28.7. The summed E-state index contributed by atoms with van der Waals surface area (Å²) in [6, 6.07) is 17.7. The summed E-state index contributed by atoms with van der Waals surface area (Å²) in [5.41, 5.74) is 2.93. The molecule has 4 aliphatic rings. The molecule has 0 aliphatic heterocycles. The number of ether oxygens (including phenoxy) is 1. The summed E-state index contributed by atoms with van der Waals surface area (Å²) in [6.45, 7) is -0.192. The number of ketones is 1. The summed E-state index contributed by atoms with van der Waals surface area (Å²) in [5, 5.41) is 0.872. The molecule has 4 fully saturated rings. The standard InChI is InChI=1S/C27H27NO3/c29-23(16-31-26(30)27-13-17-10-18(14-27)12-19(11-17)15-27)24-21-8-4-5-9-22(21)28-25(24)20-6-2-1-3-7-20/h1-9,17-19,28H,10-16H2. The smallest absolute Gasteiger partial charge is 0.312 e. The van der Waals surface area contributed by atoms with Crippen molar-refractivity contribution in [2.24, 2.45) is 23.2 Å². The topological polar surface area (TPSA) is 59.2 Å². The number of Topliss-reactive ketones (excluding diaryl/α,β-unsaturated/α-hetero) is 1. The summed E-state index contributed by atoms with van der Waals surface area (Å²) in [4.78, 5) is 30.0. The highest BCUT2D eigenvalue weighted by Crippen LogP contribution is 2.60. The summed E-state index contributed by atoms with van der Waals surface area (Å²) in [7, 11) is 0. The van der Waals surface area contributed by atoms with Crippen molar-refractivity contribution in [2.45, 2.75) is 38.5 Å². The lowest BCUT2D eigenvalue weighted by Gasteiger charge is -2.55. The van der Waals surface area contributed by atoms with E-state index in [1.807, 2.05) is 54.6 Å². The Labute approximate surface area is 182 Å². The zero-order chi connectivity index (χ0) is 21.0. The largest absolute Gasteiger partial charge is 0.457 e. The number of H-pyrrole nitrogens is 1. The van der Waals surface area contributed by atoms with Crippen LogP contribution in [-0.4, -0.2) is 23.3 Å². The second kappa shape index (κ2) is 7.08. The molecular weight excluding hydrogens is 386 g/mol. The Morgan fingerprint density at radius 2 is 1.48 bits per heavy atom. The van der Waals surface area contributed by atoms with Gasteiger partial charge >= 0.3 is 5.97 Å². The molecule has 2 aromatic carbocycles. The third-order valence-electron chi connectivity index (χ3n) is 7.85. The number of carbonyl (C=O) groups excluding carboxylic acids is 2. The molecule has 158 valence electrons. The Morgan fingerprint density at radius 3 is 2.16 bits per heavy atom. The SMILES string of the molecule is O=C(COC(=O)C12CC3CC(CC(C3)C1)C2)c1c(-c2ccccc2)[nH]c2ccccc12. The summed E-state index contributed by atoms with van der Waals surface area (Å²) >= 11 is 0. The van der Waals surface area contributed by atoms with Crippen LogP contribution in [-0.2, 0) is 9.53 Å². The van der Waals surface area contributed by atoms with Gasteiger partial charge in [-0.3, -0.25) is 9.59 Å². The van der Waals surface area contributed by atoms with Crippen LogP contribution in [0.25, 0.3) is 22.2 Å². The van der Waals surface area contributed by atoms with E-state index in [0.717, 1.165) is 41.4 Å². The number of fused-ring (bicyclic) bond motifs is 1. The van der Waals surface area contributed by atoms with Crippen molar-refractivity contribution in [2.75, 3.05) is 6.61 Å². The Balaban J connectivity index is 1.27. The lowest BCUT2D eigenvalue weighted by atomic mass is 9.49. The van der Waals surface area contributed by atoms with Gasteiger partial charge in [-0.15, -0.1) is 0 Å². The molecule has 1 heterocycles. The fourth-order valence-electron chi connectivity index (χ4n) is 6.97. The van der Waals surface area contributed by atoms with Gasteiger partial charge in [0.05, 0.1) is 16.7 Å². The number of hydrogen-bond acceptors (Lipinski definition) is 3. The van der Waals surface area contributed by atoms with E-state index in [1.54, 1.807) is 0 Å². The van der Waals surface area contributed by atoms with Crippen molar-refractivity contribution in [3.05, 3.63) is 60.2 Å². The van der Waals surface area contributed by atoms with Crippen molar-refractivity contribution in [3.63, 3.8) is 0 Å². The maximum absolute atomic E-state index is 13.3. The van der Waals surface area contributed by atoms with E-state index < -0.39 is 0 Å². The highest BCUT2D eigenvalue weighted by molar-refractivity contribution is 6.14. The van der Waals surface area contributed by atoms with Crippen molar-refractivity contribution in [3.8, 4) is 11.3 Å². The lowest BCUT2D eigenvalue weighted by Crippen LogP contribution is -2.50. The van der Waals surface area contributed by atoms with E-state index in [4.69, 9.17) is 4.74 Å². The lowest BCUT2D eigenvalue weighted by molar-refractivity contribution is -0.170. The van der Waals surface area contributed by atoms with E-state index in [2.05, 4.69) is 4.98 Å². The second-order valence-electron chi connectivity index (χ2n) is 9.98. The van der Waals surface area contributed by atoms with Crippen molar-refractivity contribution in [1.29, 1.82) is 0 Å². The summed E-state index contributed by atoms with van der Waals surface area (Å²) in [6.07, 6.45) is 6.70. The van der Waals surface area contributed by atoms with E-state index in [1.165, 1.54) is 19.3 Å². The molecule has 3 aromatic rings. The van der Waals surface area contributed by atoms with Crippen LogP contribution in [0.15, 0.2) is 54.6 Å². The minimum atomic E-state index is -0.336. The number of hydrogen-bond donors (Lipinski definition) is 1. The second-order valence-corrected chi connectivity index (χ2v) is 9.98. The molecule has 4 saturated carbocycles. The molecule has 1 aromatic heterocycles. The van der Waals surface area contributed by atoms with Crippen LogP contribution in [0, 0.1) is 23.2 Å². The molecule has 0 spiro atoms. The molecule has 4 bridgehead atoms. The maximum Gasteiger partial charge on any atom is 0.312 e. The molecule has 0 amide bonds. The third kappa shape index (κ3) is 3.12. The molecule has 0 saturated heterocycles. The number of aromatic amines is 1. The molecule has 4 nitrogen and oxygen atoms in total. The molecule has 4 heteroatoms. The van der Waals surface area contributed by atoms with Crippen molar-refractivity contribution >= 4 is 22.7 Å². The number of esters is 1. The van der Waals surface area contributed by atoms with Gasteiger partial charge in [-0.2, -0.15) is 0 Å². The first-order valence-electron chi connectivity index (χ1n) is 11.5. The van der Waals surface area contributed by atoms with Crippen LogP contribution in [0.3, 0.4) is 0 Å². The Hall–Kier alpha value is -2.88. The molecule has 0 unspecified atom stereocenters. The Bertz CT molecular complexity index is 1120. The van der Waals surface area contributed by atoms with Gasteiger partial charge in [-0.25, -0.2) is 0 Å². The van der Waals surface area contributed by atoms with Gasteiger partial charge < -0.3 is 9.72 Å². The first kappa shape index (κ1) is 18.9. The van der Waals surface area contributed by atoms with E-state index in [-0.39, 0.29) is 23.8 Å². The summed E-state index contributed by atoms with van der Waals surface area (Å²) in [5.74, 6) is 1.74. The summed E-state index contributed by atoms with van der Waals surface area (Å²) < 4.78 is 5.75. The minimum absolute atomic E-state index is 0.138. The highest BCUT2D eigenvalue weighted by atomic mass is 16.5. The first-order chi connectivity index (χ1) is 15.1. The molecule has 31 heavy (non-hydrogen) atoms. The molecule has 7 rings (SSSR count). The molecule has 0 radical (unpaired) electrons. The predicted molar refractivity (Wildman–Crippen MR) is 120 cm³/mol. The number of nitrogens with one attached hydrogen (secondary N) is 1. The van der Waals surface area contributed by atoms with Gasteiger partial charge in [-0.05, 0) is 67.9 Å². The van der Waals surface area contributed by atoms with E-state index in [0.29, 0.717) is 23.3 Å². The van der Waals surface area contributed by atoms with Crippen molar-refractivity contribution < 1.29 is 14.3 Å². The van der Waals surface area contributed by atoms with Gasteiger partial charge in [-0.1, -0.05) is 48.5 Å². The zero-order valence-electron chi connectivity index (χ0n) is 17.6. The van der Waals surface area contributed by atoms with Crippen LogP contribution in [0.4, 0.5) is 0 Å². The van der Waals surface area contributed by atoms with Crippen molar-refractivity contribution in [1.82, 2.24) is 4.98 Å². The average Bonchev–Trinajstić information content (AvgIpc) is 3.17. The zero-order valence-corrected chi connectivity index (χ0v) is 17.6. The molecular formula is C27H27NO3. The highest BCUT2D eigenvalue weighted by Gasteiger charge is 2.55.